The molecule has 0 amide bonds. The standard InChI is InChI=1S/C10H19NOS/c1-2-10-6-4-3-5-9(12)7-8-11-13-10/h10-11H,2-8H2,1H3. The summed E-state index contributed by atoms with van der Waals surface area (Å²) in [4.78, 5) is 11.2. The van der Waals surface area contributed by atoms with E-state index in [1.807, 2.05) is 11.9 Å². The number of ketones is 1. The van der Waals surface area contributed by atoms with Gasteiger partial charge in [-0.15, -0.1) is 0 Å². The second kappa shape index (κ2) is 6.44. The normalized spacial score (nSPS) is 27.2. The van der Waals surface area contributed by atoms with E-state index in [0.29, 0.717) is 12.2 Å². The van der Waals surface area contributed by atoms with Crippen molar-refractivity contribution in [3.63, 3.8) is 0 Å². The third-order valence-corrected chi connectivity index (χ3v) is 3.72. The van der Waals surface area contributed by atoms with Gasteiger partial charge in [-0.2, -0.15) is 0 Å². The summed E-state index contributed by atoms with van der Waals surface area (Å²) in [6, 6.07) is 0. The van der Waals surface area contributed by atoms with E-state index in [2.05, 4.69) is 11.6 Å². The average molecular weight is 201 g/mol. The summed E-state index contributed by atoms with van der Waals surface area (Å²) in [5.74, 6) is 0.419. The molecule has 0 aromatic carbocycles. The first kappa shape index (κ1) is 11.1. The molecule has 1 saturated heterocycles. The smallest absolute Gasteiger partial charge is 0.134 e. The zero-order chi connectivity index (χ0) is 9.52. The first-order valence-corrected chi connectivity index (χ1v) is 6.11. The van der Waals surface area contributed by atoms with Gasteiger partial charge in [-0.05, 0) is 19.3 Å². The first-order valence-electron chi connectivity index (χ1n) is 5.23. The monoisotopic (exact) mass is 201 g/mol. The Morgan fingerprint density at radius 3 is 3.08 bits per heavy atom. The van der Waals surface area contributed by atoms with E-state index < -0.39 is 0 Å². The van der Waals surface area contributed by atoms with Gasteiger partial charge in [-0.25, -0.2) is 0 Å². The molecule has 0 radical (unpaired) electrons. The minimum Gasteiger partial charge on any atom is -0.300 e. The van der Waals surface area contributed by atoms with E-state index in [9.17, 15) is 4.79 Å². The third-order valence-electron chi connectivity index (χ3n) is 2.44. The second-order valence-electron chi connectivity index (χ2n) is 3.58. The molecule has 76 valence electrons. The molecule has 0 spiro atoms. The molecule has 0 aliphatic carbocycles. The number of Topliss-reactive ketones (excluding diaryl/α,β-unsaturated/α-hetero) is 1. The highest BCUT2D eigenvalue weighted by Gasteiger charge is 2.10. The molecular formula is C10H19NOS. The predicted octanol–water partition coefficient (Wildman–Crippen LogP) is 2.54. The van der Waals surface area contributed by atoms with Crippen LogP contribution in [0.2, 0.25) is 0 Å². The Labute approximate surface area is 85.0 Å². The van der Waals surface area contributed by atoms with Crippen LogP contribution in [0.15, 0.2) is 0 Å². The van der Waals surface area contributed by atoms with Crippen molar-refractivity contribution in [2.45, 2.75) is 50.7 Å². The number of nitrogens with one attached hydrogen (secondary N) is 1. The van der Waals surface area contributed by atoms with Crippen molar-refractivity contribution in [1.29, 1.82) is 0 Å². The van der Waals surface area contributed by atoms with Crippen LogP contribution in [-0.2, 0) is 4.79 Å². The lowest BCUT2D eigenvalue weighted by molar-refractivity contribution is -0.119. The van der Waals surface area contributed by atoms with Gasteiger partial charge in [0.1, 0.15) is 5.78 Å². The molecule has 1 rings (SSSR count). The summed E-state index contributed by atoms with van der Waals surface area (Å²) < 4.78 is 3.28. The van der Waals surface area contributed by atoms with Crippen LogP contribution < -0.4 is 4.72 Å². The van der Waals surface area contributed by atoms with Crippen LogP contribution >= 0.6 is 11.9 Å². The molecule has 1 heterocycles. The lowest BCUT2D eigenvalue weighted by atomic mass is 10.1. The Morgan fingerprint density at radius 1 is 1.46 bits per heavy atom. The molecule has 0 saturated carbocycles. The van der Waals surface area contributed by atoms with Gasteiger partial charge in [0.25, 0.3) is 0 Å². The highest BCUT2D eigenvalue weighted by molar-refractivity contribution is 7.98. The number of rotatable bonds is 1. The Balaban J connectivity index is 2.28. The van der Waals surface area contributed by atoms with Gasteiger partial charge in [0.2, 0.25) is 0 Å². The number of carbonyl (C=O) groups excluding carboxylic acids is 1. The molecule has 1 unspecified atom stereocenters. The molecule has 1 N–H and O–H groups in total. The SMILES string of the molecule is CCC1CCCCC(=O)CCNS1. The van der Waals surface area contributed by atoms with Gasteiger partial charge < -0.3 is 0 Å². The average Bonchev–Trinajstić information content (AvgIpc) is 2.16. The molecule has 3 heteroatoms. The van der Waals surface area contributed by atoms with Gasteiger partial charge in [-0.1, -0.05) is 25.3 Å². The van der Waals surface area contributed by atoms with Crippen molar-refractivity contribution in [3.05, 3.63) is 0 Å². The largest absolute Gasteiger partial charge is 0.300 e. The van der Waals surface area contributed by atoms with Crippen LogP contribution in [-0.4, -0.2) is 17.6 Å². The summed E-state index contributed by atoms with van der Waals surface area (Å²) in [6.07, 6.45) is 6.29. The van der Waals surface area contributed by atoms with Gasteiger partial charge >= 0.3 is 0 Å². The Hall–Kier alpha value is -0.0200. The molecule has 1 fully saturated rings. The minimum absolute atomic E-state index is 0.419. The van der Waals surface area contributed by atoms with Crippen LogP contribution in [0.4, 0.5) is 0 Å². The van der Waals surface area contributed by atoms with Crippen molar-refractivity contribution in [2.24, 2.45) is 0 Å². The van der Waals surface area contributed by atoms with Gasteiger partial charge in [-0.3, -0.25) is 9.52 Å². The summed E-state index contributed by atoms with van der Waals surface area (Å²) in [5.41, 5.74) is 0. The van der Waals surface area contributed by atoms with Crippen LogP contribution in [0, 0.1) is 0 Å². The minimum atomic E-state index is 0.419. The van der Waals surface area contributed by atoms with E-state index in [1.165, 1.54) is 19.3 Å². The second-order valence-corrected chi connectivity index (χ2v) is 4.77. The maximum Gasteiger partial charge on any atom is 0.134 e. The van der Waals surface area contributed by atoms with Crippen LogP contribution in [0.3, 0.4) is 0 Å². The van der Waals surface area contributed by atoms with Crippen LogP contribution in [0.5, 0.6) is 0 Å². The number of carbonyl (C=O) groups is 1. The molecule has 2 nitrogen and oxygen atoms in total. The molecule has 13 heavy (non-hydrogen) atoms. The van der Waals surface area contributed by atoms with Crippen LogP contribution in [0.1, 0.15) is 45.4 Å². The fourth-order valence-corrected chi connectivity index (χ4v) is 2.44. The first-order chi connectivity index (χ1) is 6.33. The van der Waals surface area contributed by atoms with Crippen molar-refractivity contribution in [2.75, 3.05) is 6.54 Å². The summed E-state index contributed by atoms with van der Waals surface area (Å²) in [7, 11) is 0. The lowest BCUT2D eigenvalue weighted by Gasteiger charge is -2.16. The Kier molecular flexibility index (Phi) is 5.47. The van der Waals surface area contributed by atoms with Gasteiger partial charge in [0.15, 0.2) is 0 Å². The highest BCUT2D eigenvalue weighted by atomic mass is 32.2. The third kappa shape index (κ3) is 4.67. The highest BCUT2D eigenvalue weighted by Crippen LogP contribution is 2.19. The number of hydrogen-bond donors (Lipinski definition) is 1. The summed E-state index contributed by atoms with van der Waals surface area (Å²) in [5, 5.41) is 0.744. The molecular weight excluding hydrogens is 182 g/mol. The van der Waals surface area contributed by atoms with Crippen molar-refractivity contribution in [1.82, 2.24) is 4.72 Å². The zero-order valence-corrected chi connectivity index (χ0v) is 9.16. The van der Waals surface area contributed by atoms with Crippen molar-refractivity contribution in [3.8, 4) is 0 Å². The predicted molar refractivity (Wildman–Crippen MR) is 57.8 cm³/mol. The van der Waals surface area contributed by atoms with Crippen LogP contribution in [0.25, 0.3) is 0 Å². The van der Waals surface area contributed by atoms with Gasteiger partial charge in [0.05, 0.1) is 0 Å². The van der Waals surface area contributed by atoms with Crippen molar-refractivity contribution < 1.29 is 4.79 Å². The molecule has 0 bridgehead atoms. The molecule has 1 aliphatic heterocycles. The zero-order valence-electron chi connectivity index (χ0n) is 8.34. The maximum atomic E-state index is 11.2. The number of hydrogen-bond acceptors (Lipinski definition) is 3. The van der Waals surface area contributed by atoms with E-state index in [1.54, 1.807) is 0 Å². The fraction of sp³-hybridized carbons (Fsp3) is 0.900. The molecule has 1 atom stereocenters. The van der Waals surface area contributed by atoms with E-state index in [4.69, 9.17) is 0 Å². The van der Waals surface area contributed by atoms with Gasteiger partial charge in [0, 0.05) is 24.6 Å². The molecule has 1 aliphatic rings. The molecule has 0 aromatic heterocycles. The Bertz CT molecular complexity index is 147. The Morgan fingerprint density at radius 2 is 2.31 bits per heavy atom. The topological polar surface area (TPSA) is 29.1 Å². The molecule has 0 aromatic rings. The quantitative estimate of drug-likeness (QED) is 0.661. The maximum absolute atomic E-state index is 11.2. The summed E-state index contributed by atoms with van der Waals surface area (Å²) >= 11 is 1.82. The fourth-order valence-electron chi connectivity index (χ4n) is 1.53. The van der Waals surface area contributed by atoms with E-state index in [0.717, 1.165) is 24.6 Å². The summed E-state index contributed by atoms with van der Waals surface area (Å²) in [6.45, 7) is 3.08. The van der Waals surface area contributed by atoms with E-state index in [-0.39, 0.29) is 0 Å². The van der Waals surface area contributed by atoms with E-state index >= 15 is 0 Å². The lowest BCUT2D eigenvalue weighted by Crippen LogP contribution is -2.17. The van der Waals surface area contributed by atoms with Crippen molar-refractivity contribution >= 4 is 17.7 Å².